The van der Waals surface area contributed by atoms with Crippen LogP contribution < -0.4 is 0 Å². The maximum Gasteiger partial charge on any atom is -0.0203 e. The molecule has 0 heteroatoms. The molecule has 1 aliphatic carbocycles. The Balaban J connectivity index is 2.51. The zero-order chi connectivity index (χ0) is 6.85. The lowest BCUT2D eigenvalue weighted by molar-refractivity contribution is 0.426. The molecule has 0 saturated heterocycles. The van der Waals surface area contributed by atoms with Gasteiger partial charge >= 0.3 is 0 Å². The number of rotatable bonds is 1. The molecule has 0 nitrogen and oxygen atoms in total. The molecule has 0 aromatic heterocycles. The normalized spacial score (nSPS) is 34.8. The van der Waals surface area contributed by atoms with Crippen molar-refractivity contribution >= 4 is 0 Å². The van der Waals surface area contributed by atoms with E-state index >= 15 is 0 Å². The quantitative estimate of drug-likeness (QED) is 0.471. The third kappa shape index (κ3) is 1.17. The monoisotopic (exact) mass is 124 g/mol. The molecule has 0 bridgehead atoms. The summed E-state index contributed by atoms with van der Waals surface area (Å²) in [4.78, 5) is 0. The SMILES string of the molecule is CCC1CC=C(C)C1C. The van der Waals surface area contributed by atoms with Gasteiger partial charge in [0.25, 0.3) is 0 Å². The van der Waals surface area contributed by atoms with Crippen LogP contribution in [0.15, 0.2) is 11.6 Å². The van der Waals surface area contributed by atoms with Crippen molar-refractivity contribution in [3.63, 3.8) is 0 Å². The second kappa shape index (κ2) is 2.55. The highest BCUT2D eigenvalue weighted by Crippen LogP contribution is 2.32. The van der Waals surface area contributed by atoms with Crippen molar-refractivity contribution in [1.29, 1.82) is 0 Å². The van der Waals surface area contributed by atoms with Gasteiger partial charge in [0.05, 0.1) is 0 Å². The summed E-state index contributed by atoms with van der Waals surface area (Å²) in [7, 11) is 0. The van der Waals surface area contributed by atoms with Crippen LogP contribution in [-0.4, -0.2) is 0 Å². The van der Waals surface area contributed by atoms with Crippen LogP contribution in [0, 0.1) is 11.8 Å². The van der Waals surface area contributed by atoms with Gasteiger partial charge in [0.1, 0.15) is 0 Å². The van der Waals surface area contributed by atoms with E-state index in [2.05, 4.69) is 26.8 Å². The Morgan fingerprint density at radius 2 is 2.33 bits per heavy atom. The second-order valence-corrected chi connectivity index (χ2v) is 3.14. The number of hydrogen-bond donors (Lipinski definition) is 0. The predicted octanol–water partition coefficient (Wildman–Crippen LogP) is 3.00. The molecule has 0 N–H and O–H groups in total. The van der Waals surface area contributed by atoms with Crippen LogP contribution in [-0.2, 0) is 0 Å². The lowest BCUT2D eigenvalue weighted by atomic mass is 9.92. The van der Waals surface area contributed by atoms with Crippen molar-refractivity contribution in [3.8, 4) is 0 Å². The van der Waals surface area contributed by atoms with Gasteiger partial charge in [-0.3, -0.25) is 0 Å². The molecule has 2 atom stereocenters. The zero-order valence-electron chi connectivity index (χ0n) is 6.65. The average Bonchev–Trinajstić information content (AvgIpc) is 2.15. The fourth-order valence-corrected chi connectivity index (χ4v) is 1.62. The van der Waals surface area contributed by atoms with Gasteiger partial charge in [-0.2, -0.15) is 0 Å². The minimum atomic E-state index is 0.856. The van der Waals surface area contributed by atoms with Gasteiger partial charge < -0.3 is 0 Å². The maximum absolute atomic E-state index is 2.39. The van der Waals surface area contributed by atoms with E-state index in [1.54, 1.807) is 5.57 Å². The molecular formula is C9H16. The largest absolute Gasteiger partial charge is 0.0850 e. The summed E-state index contributed by atoms with van der Waals surface area (Å²) in [6.07, 6.45) is 5.05. The molecule has 0 heterocycles. The van der Waals surface area contributed by atoms with Crippen molar-refractivity contribution in [2.24, 2.45) is 11.8 Å². The summed E-state index contributed by atoms with van der Waals surface area (Å²) in [5.41, 5.74) is 1.60. The van der Waals surface area contributed by atoms with Crippen molar-refractivity contribution < 1.29 is 0 Å². The molecule has 0 spiro atoms. The van der Waals surface area contributed by atoms with Crippen LogP contribution in [0.5, 0.6) is 0 Å². The van der Waals surface area contributed by atoms with Gasteiger partial charge in [-0.15, -0.1) is 0 Å². The fraction of sp³-hybridized carbons (Fsp3) is 0.778. The van der Waals surface area contributed by atoms with Gasteiger partial charge in [0, 0.05) is 0 Å². The molecule has 1 aliphatic rings. The van der Waals surface area contributed by atoms with E-state index in [4.69, 9.17) is 0 Å². The van der Waals surface area contributed by atoms with Gasteiger partial charge in [-0.05, 0) is 25.2 Å². The van der Waals surface area contributed by atoms with Gasteiger partial charge in [-0.25, -0.2) is 0 Å². The highest BCUT2D eigenvalue weighted by Gasteiger charge is 2.20. The van der Waals surface area contributed by atoms with E-state index in [0.717, 1.165) is 11.8 Å². The van der Waals surface area contributed by atoms with E-state index < -0.39 is 0 Å². The molecule has 0 aromatic rings. The van der Waals surface area contributed by atoms with Gasteiger partial charge in [0.15, 0.2) is 0 Å². The molecular weight excluding hydrogens is 108 g/mol. The van der Waals surface area contributed by atoms with Crippen molar-refractivity contribution in [1.82, 2.24) is 0 Å². The summed E-state index contributed by atoms with van der Waals surface area (Å²) in [6.45, 7) is 6.88. The van der Waals surface area contributed by atoms with E-state index in [1.807, 2.05) is 0 Å². The first-order valence-corrected chi connectivity index (χ1v) is 3.92. The zero-order valence-corrected chi connectivity index (χ0v) is 6.65. The van der Waals surface area contributed by atoms with Crippen LogP contribution in [0.2, 0.25) is 0 Å². The van der Waals surface area contributed by atoms with Crippen LogP contribution in [0.25, 0.3) is 0 Å². The van der Waals surface area contributed by atoms with Crippen LogP contribution in [0.1, 0.15) is 33.6 Å². The Morgan fingerprint density at radius 1 is 1.67 bits per heavy atom. The molecule has 0 amide bonds. The smallest absolute Gasteiger partial charge is 0.0203 e. The maximum atomic E-state index is 2.39. The Labute approximate surface area is 58.0 Å². The first-order chi connectivity index (χ1) is 4.25. The first kappa shape index (κ1) is 6.85. The van der Waals surface area contributed by atoms with Gasteiger partial charge in [-0.1, -0.05) is 31.9 Å². The molecule has 9 heavy (non-hydrogen) atoms. The number of hydrogen-bond acceptors (Lipinski definition) is 0. The Bertz CT molecular complexity index is 122. The van der Waals surface area contributed by atoms with Gasteiger partial charge in [0.2, 0.25) is 0 Å². The summed E-state index contributed by atoms with van der Waals surface area (Å²) >= 11 is 0. The summed E-state index contributed by atoms with van der Waals surface area (Å²) < 4.78 is 0. The van der Waals surface area contributed by atoms with Crippen LogP contribution in [0.4, 0.5) is 0 Å². The van der Waals surface area contributed by atoms with Crippen molar-refractivity contribution in [3.05, 3.63) is 11.6 Å². The van der Waals surface area contributed by atoms with E-state index in [1.165, 1.54) is 12.8 Å². The Hall–Kier alpha value is -0.260. The van der Waals surface area contributed by atoms with Crippen LogP contribution in [0.3, 0.4) is 0 Å². The summed E-state index contributed by atoms with van der Waals surface area (Å²) in [5.74, 6) is 1.81. The molecule has 0 aromatic carbocycles. The molecule has 1 rings (SSSR count). The minimum absolute atomic E-state index is 0.856. The molecule has 0 fully saturated rings. The standard InChI is InChI=1S/C9H16/c1-4-9-6-5-7(2)8(9)3/h5,8-9H,4,6H2,1-3H3. The fourth-order valence-electron chi connectivity index (χ4n) is 1.62. The van der Waals surface area contributed by atoms with E-state index in [0.29, 0.717) is 0 Å². The highest BCUT2D eigenvalue weighted by molar-refractivity contribution is 5.10. The molecule has 0 saturated carbocycles. The lowest BCUT2D eigenvalue weighted by Crippen LogP contribution is -2.04. The highest BCUT2D eigenvalue weighted by atomic mass is 14.3. The second-order valence-electron chi connectivity index (χ2n) is 3.14. The average molecular weight is 124 g/mol. The Morgan fingerprint density at radius 3 is 2.56 bits per heavy atom. The van der Waals surface area contributed by atoms with Crippen molar-refractivity contribution in [2.45, 2.75) is 33.6 Å². The Kier molecular flexibility index (Phi) is 1.94. The lowest BCUT2D eigenvalue weighted by Gasteiger charge is -2.13. The topological polar surface area (TPSA) is 0 Å². The molecule has 0 aliphatic heterocycles. The molecule has 2 unspecified atom stereocenters. The molecule has 52 valence electrons. The third-order valence-electron chi connectivity index (χ3n) is 2.69. The third-order valence-corrected chi connectivity index (χ3v) is 2.69. The van der Waals surface area contributed by atoms with E-state index in [-0.39, 0.29) is 0 Å². The first-order valence-electron chi connectivity index (χ1n) is 3.92. The predicted molar refractivity (Wildman–Crippen MR) is 41.3 cm³/mol. The summed E-state index contributed by atoms with van der Waals surface area (Å²) in [5, 5.41) is 0. The summed E-state index contributed by atoms with van der Waals surface area (Å²) in [6, 6.07) is 0. The van der Waals surface area contributed by atoms with Crippen LogP contribution >= 0.6 is 0 Å². The minimum Gasteiger partial charge on any atom is -0.0850 e. The van der Waals surface area contributed by atoms with Crippen molar-refractivity contribution in [2.75, 3.05) is 0 Å². The van der Waals surface area contributed by atoms with E-state index in [9.17, 15) is 0 Å². The number of allylic oxidation sites excluding steroid dienone is 2. The molecule has 0 radical (unpaired) electrons.